The van der Waals surface area contributed by atoms with Crippen LogP contribution in [0.2, 0.25) is 0 Å². The summed E-state index contributed by atoms with van der Waals surface area (Å²) in [5.41, 5.74) is 2.58. The van der Waals surface area contributed by atoms with E-state index in [0.717, 1.165) is 5.56 Å². The molecule has 0 saturated carbocycles. The van der Waals surface area contributed by atoms with Crippen LogP contribution in [0.4, 0.5) is 11.4 Å². The van der Waals surface area contributed by atoms with Crippen molar-refractivity contribution < 1.29 is 23.1 Å². The average molecular weight is 424 g/mol. The Bertz CT molecular complexity index is 1200. The first kappa shape index (κ1) is 21.1. The highest BCUT2D eigenvalue weighted by atomic mass is 32.2. The van der Waals surface area contributed by atoms with Gasteiger partial charge >= 0.3 is 5.97 Å². The van der Waals surface area contributed by atoms with Crippen molar-refractivity contribution in [2.24, 2.45) is 0 Å². The summed E-state index contributed by atoms with van der Waals surface area (Å²) in [6, 6.07) is 17.0. The van der Waals surface area contributed by atoms with Gasteiger partial charge in [-0.3, -0.25) is 9.52 Å². The first-order chi connectivity index (χ1) is 14.2. The highest BCUT2D eigenvalue weighted by Gasteiger charge is 2.19. The van der Waals surface area contributed by atoms with Crippen LogP contribution >= 0.6 is 0 Å². The van der Waals surface area contributed by atoms with Gasteiger partial charge in [-0.2, -0.15) is 0 Å². The molecule has 0 aliphatic heterocycles. The Kier molecular flexibility index (Phi) is 5.89. The Morgan fingerprint density at radius 1 is 0.800 bits per heavy atom. The summed E-state index contributed by atoms with van der Waals surface area (Å²) in [5.74, 6) is -1.58. The molecule has 3 aromatic rings. The minimum absolute atomic E-state index is 0.00282. The number of rotatable bonds is 6. The third-order valence-corrected chi connectivity index (χ3v) is 5.96. The summed E-state index contributed by atoms with van der Waals surface area (Å²) in [4.78, 5) is 23.5. The van der Waals surface area contributed by atoms with Crippen LogP contribution in [0, 0.1) is 13.8 Å². The van der Waals surface area contributed by atoms with E-state index < -0.39 is 21.9 Å². The van der Waals surface area contributed by atoms with Gasteiger partial charge in [-0.25, -0.2) is 13.2 Å². The molecule has 0 unspecified atom stereocenters. The molecule has 0 spiro atoms. The fraction of sp³-hybridized carbons (Fsp3) is 0.0909. The lowest BCUT2D eigenvalue weighted by molar-refractivity contribution is 0.0696. The van der Waals surface area contributed by atoms with Crippen LogP contribution in [0.3, 0.4) is 0 Å². The van der Waals surface area contributed by atoms with Crippen LogP contribution in [0.5, 0.6) is 0 Å². The van der Waals surface area contributed by atoms with Crippen molar-refractivity contribution in [2.75, 3.05) is 10.0 Å². The first-order valence-corrected chi connectivity index (χ1v) is 10.5. The molecule has 7 nitrogen and oxygen atoms in total. The lowest BCUT2D eigenvalue weighted by atomic mass is 10.1. The van der Waals surface area contributed by atoms with Crippen LogP contribution < -0.4 is 10.0 Å². The molecule has 1 amide bonds. The number of sulfonamides is 1. The monoisotopic (exact) mass is 424 g/mol. The average Bonchev–Trinajstić information content (AvgIpc) is 2.70. The van der Waals surface area contributed by atoms with E-state index in [9.17, 15) is 18.0 Å². The van der Waals surface area contributed by atoms with E-state index in [0.29, 0.717) is 16.9 Å². The number of aryl methyl sites for hydroxylation is 2. The van der Waals surface area contributed by atoms with Crippen molar-refractivity contribution in [2.45, 2.75) is 18.7 Å². The third-order valence-electron chi connectivity index (χ3n) is 4.43. The maximum atomic E-state index is 12.8. The number of amides is 1. The number of nitrogens with one attached hydrogen (secondary N) is 2. The van der Waals surface area contributed by atoms with Gasteiger partial charge in [0.05, 0.1) is 10.5 Å². The number of aromatic carboxylic acids is 1. The minimum Gasteiger partial charge on any atom is -0.478 e. The fourth-order valence-electron chi connectivity index (χ4n) is 2.76. The number of carboxylic acid groups (broad SMARTS) is 1. The van der Waals surface area contributed by atoms with E-state index in [1.54, 1.807) is 37.3 Å². The molecule has 154 valence electrons. The van der Waals surface area contributed by atoms with Crippen molar-refractivity contribution in [1.29, 1.82) is 0 Å². The van der Waals surface area contributed by atoms with Crippen LogP contribution in [-0.2, 0) is 10.0 Å². The zero-order valence-electron chi connectivity index (χ0n) is 16.3. The van der Waals surface area contributed by atoms with E-state index >= 15 is 0 Å². The number of anilines is 2. The number of hydrogen-bond acceptors (Lipinski definition) is 4. The zero-order valence-corrected chi connectivity index (χ0v) is 17.2. The lowest BCUT2D eigenvalue weighted by Gasteiger charge is -2.12. The maximum absolute atomic E-state index is 12.8. The first-order valence-electron chi connectivity index (χ1n) is 9.00. The third kappa shape index (κ3) is 4.84. The van der Waals surface area contributed by atoms with Crippen molar-refractivity contribution in [3.63, 3.8) is 0 Å². The molecule has 0 fully saturated rings. The molecule has 0 atom stereocenters. The van der Waals surface area contributed by atoms with Crippen LogP contribution in [-0.4, -0.2) is 25.4 Å². The van der Waals surface area contributed by atoms with Crippen molar-refractivity contribution in [3.8, 4) is 0 Å². The summed E-state index contributed by atoms with van der Waals surface area (Å²) < 4.78 is 28.2. The summed E-state index contributed by atoms with van der Waals surface area (Å²) in [6.07, 6.45) is 0. The van der Waals surface area contributed by atoms with Gasteiger partial charge in [0.2, 0.25) is 0 Å². The molecule has 0 aliphatic rings. The van der Waals surface area contributed by atoms with Crippen LogP contribution in [0.15, 0.2) is 71.6 Å². The summed E-state index contributed by atoms with van der Waals surface area (Å²) in [5, 5.41) is 11.6. The smallest absolute Gasteiger partial charge is 0.335 e. The Hall–Kier alpha value is -3.65. The molecule has 0 radical (unpaired) electrons. The predicted molar refractivity (Wildman–Crippen MR) is 115 cm³/mol. The quantitative estimate of drug-likeness (QED) is 0.552. The maximum Gasteiger partial charge on any atom is 0.335 e. The van der Waals surface area contributed by atoms with E-state index in [-0.39, 0.29) is 16.0 Å². The summed E-state index contributed by atoms with van der Waals surface area (Å²) >= 11 is 0. The molecule has 0 bridgehead atoms. The topological polar surface area (TPSA) is 113 Å². The molecule has 3 N–H and O–H groups in total. The Morgan fingerprint density at radius 2 is 1.37 bits per heavy atom. The van der Waals surface area contributed by atoms with E-state index in [2.05, 4.69) is 10.0 Å². The van der Waals surface area contributed by atoms with Crippen molar-refractivity contribution in [3.05, 3.63) is 89.0 Å². The fourth-order valence-corrected chi connectivity index (χ4v) is 4.09. The highest BCUT2D eigenvalue weighted by molar-refractivity contribution is 7.92. The van der Waals surface area contributed by atoms with E-state index in [4.69, 9.17) is 5.11 Å². The molecule has 0 heterocycles. The second kappa shape index (κ2) is 8.38. The molecule has 30 heavy (non-hydrogen) atoms. The summed E-state index contributed by atoms with van der Waals surface area (Å²) in [6.45, 7) is 3.55. The van der Waals surface area contributed by atoms with E-state index in [1.165, 1.54) is 36.4 Å². The molecular formula is C22H20N2O5S. The molecule has 0 aromatic heterocycles. The molecule has 8 heteroatoms. The van der Waals surface area contributed by atoms with E-state index in [1.807, 2.05) is 6.92 Å². The van der Waals surface area contributed by atoms with Gasteiger partial charge in [0.1, 0.15) is 0 Å². The highest BCUT2D eigenvalue weighted by Crippen LogP contribution is 2.22. The Morgan fingerprint density at radius 3 is 1.97 bits per heavy atom. The molecule has 3 aromatic carbocycles. The lowest BCUT2D eigenvalue weighted by Crippen LogP contribution is -2.17. The van der Waals surface area contributed by atoms with Crippen molar-refractivity contribution in [1.82, 2.24) is 0 Å². The van der Waals surface area contributed by atoms with Gasteiger partial charge in [-0.15, -0.1) is 0 Å². The largest absolute Gasteiger partial charge is 0.478 e. The number of carbonyl (C=O) groups is 2. The van der Waals surface area contributed by atoms with Gasteiger partial charge in [0.15, 0.2) is 0 Å². The van der Waals surface area contributed by atoms with Crippen LogP contribution in [0.1, 0.15) is 31.8 Å². The summed E-state index contributed by atoms with van der Waals surface area (Å²) in [7, 11) is -3.90. The molecule has 3 rings (SSSR count). The minimum atomic E-state index is -3.90. The Balaban J connectivity index is 1.83. The molecular weight excluding hydrogens is 404 g/mol. The molecule has 0 saturated heterocycles. The van der Waals surface area contributed by atoms with Gasteiger partial charge in [-0.1, -0.05) is 23.8 Å². The second-order valence-corrected chi connectivity index (χ2v) is 8.44. The number of carboxylic acids is 1. The molecule has 0 aliphatic carbocycles. The number of benzene rings is 3. The number of carbonyl (C=O) groups excluding carboxylic acids is 1. The Labute approximate surface area is 174 Å². The van der Waals surface area contributed by atoms with Gasteiger partial charge in [0, 0.05) is 16.9 Å². The van der Waals surface area contributed by atoms with Crippen molar-refractivity contribution >= 4 is 33.3 Å². The van der Waals surface area contributed by atoms with Gasteiger partial charge < -0.3 is 10.4 Å². The zero-order chi connectivity index (χ0) is 21.9. The second-order valence-electron chi connectivity index (χ2n) is 6.79. The standard InChI is InChI=1S/C22H20N2O5S/c1-14-3-9-19(10-4-14)24-30(28,29)20-13-17(6-5-15(20)2)21(25)23-18-11-7-16(8-12-18)22(26)27/h3-13,24H,1-2H3,(H,23,25)(H,26,27). The van der Waals surface area contributed by atoms with Gasteiger partial charge in [0.25, 0.3) is 15.9 Å². The van der Waals surface area contributed by atoms with Crippen LogP contribution in [0.25, 0.3) is 0 Å². The van der Waals surface area contributed by atoms with Gasteiger partial charge in [-0.05, 0) is 67.9 Å². The predicted octanol–water partition coefficient (Wildman–Crippen LogP) is 4.05. The SMILES string of the molecule is Cc1ccc(NS(=O)(=O)c2cc(C(=O)Nc3ccc(C(=O)O)cc3)ccc2C)cc1. The normalized spacial score (nSPS) is 11.0. The number of hydrogen-bond donors (Lipinski definition) is 3.